The van der Waals surface area contributed by atoms with Crippen LogP contribution in [0.3, 0.4) is 0 Å². The van der Waals surface area contributed by atoms with Gasteiger partial charge >= 0.3 is 17.8 Å². The highest BCUT2D eigenvalue weighted by molar-refractivity contribution is 6.44. The summed E-state index contributed by atoms with van der Waals surface area (Å²) in [5, 5.41) is 1.97. The van der Waals surface area contributed by atoms with Crippen molar-refractivity contribution in [1.82, 2.24) is 10.2 Å². The molecule has 1 aromatic rings. The van der Waals surface area contributed by atoms with Gasteiger partial charge in [0.2, 0.25) is 0 Å². The fraction of sp³-hybridized carbons (Fsp3) is 0.182. The van der Waals surface area contributed by atoms with E-state index in [1.165, 1.54) is 0 Å². The van der Waals surface area contributed by atoms with Crippen molar-refractivity contribution in [2.24, 2.45) is 0 Å². The van der Waals surface area contributed by atoms with Crippen LogP contribution in [0.1, 0.15) is 18.5 Å². The molecule has 1 atom stereocenters. The van der Waals surface area contributed by atoms with Crippen LogP contribution in [0, 0.1) is 0 Å². The van der Waals surface area contributed by atoms with Crippen LogP contribution in [0.5, 0.6) is 0 Å². The van der Waals surface area contributed by atoms with E-state index < -0.39 is 23.9 Å². The van der Waals surface area contributed by atoms with Crippen molar-refractivity contribution in [1.29, 1.82) is 0 Å². The first-order valence-electron chi connectivity index (χ1n) is 4.84. The third kappa shape index (κ3) is 1.56. The number of carbonyl (C=O) groups is 3. The number of rotatable bonds is 2. The zero-order valence-electron chi connectivity index (χ0n) is 8.64. The predicted molar refractivity (Wildman–Crippen MR) is 55.2 cm³/mol. The lowest BCUT2D eigenvalue weighted by molar-refractivity contribution is -0.141. The minimum atomic E-state index is -0.868. The van der Waals surface area contributed by atoms with E-state index in [4.69, 9.17) is 0 Å². The SMILES string of the molecule is CC(c1ccccc1)N1C(=O)NC(=O)C1=O. The summed E-state index contributed by atoms with van der Waals surface area (Å²) in [4.78, 5) is 34.7. The summed E-state index contributed by atoms with van der Waals surface area (Å²) < 4.78 is 0. The molecule has 82 valence electrons. The van der Waals surface area contributed by atoms with Gasteiger partial charge in [-0.3, -0.25) is 14.9 Å². The van der Waals surface area contributed by atoms with Gasteiger partial charge in [0, 0.05) is 0 Å². The van der Waals surface area contributed by atoms with E-state index in [1.54, 1.807) is 19.1 Å². The summed E-state index contributed by atoms with van der Waals surface area (Å²) in [5.41, 5.74) is 0.806. The Bertz CT molecular complexity index is 456. The third-order valence-corrected chi connectivity index (χ3v) is 2.52. The molecule has 0 spiro atoms. The fourth-order valence-corrected chi connectivity index (χ4v) is 1.64. The Morgan fingerprint density at radius 1 is 1.12 bits per heavy atom. The van der Waals surface area contributed by atoms with Crippen LogP contribution in [0.4, 0.5) is 4.79 Å². The highest BCUT2D eigenvalue weighted by Crippen LogP contribution is 2.22. The molecule has 1 fully saturated rings. The lowest BCUT2D eigenvalue weighted by Crippen LogP contribution is -2.33. The van der Waals surface area contributed by atoms with Crippen LogP contribution >= 0.6 is 0 Å². The number of imide groups is 2. The summed E-state index contributed by atoms with van der Waals surface area (Å²) >= 11 is 0. The molecule has 1 heterocycles. The van der Waals surface area contributed by atoms with Gasteiger partial charge in [0.25, 0.3) is 0 Å². The second-order valence-corrected chi connectivity index (χ2v) is 3.52. The van der Waals surface area contributed by atoms with Crippen LogP contribution in [0.25, 0.3) is 0 Å². The summed E-state index contributed by atoms with van der Waals surface area (Å²) in [6.45, 7) is 1.70. The number of urea groups is 1. The van der Waals surface area contributed by atoms with Crippen LogP contribution in [0.2, 0.25) is 0 Å². The molecular formula is C11H10N2O3. The molecular weight excluding hydrogens is 208 g/mol. The van der Waals surface area contributed by atoms with Crippen molar-refractivity contribution in [3.63, 3.8) is 0 Å². The largest absolute Gasteiger partial charge is 0.332 e. The van der Waals surface area contributed by atoms with Crippen molar-refractivity contribution in [2.75, 3.05) is 0 Å². The van der Waals surface area contributed by atoms with Gasteiger partial charge in [-0.1, -0.05) is 30.3 Å². The van der Waals surface area contributed by atoms with E-state index in [0.29, 0.717) is 0 Å². The van der Waals surface area contributed by atoms with Gasteiger partial charge in [-0.15, -0.1) is 0 Å². The molecule has 1 unspecified atom stereocenters. The number of amides is 4. The summed E-state index contributed by atoms with van der Waals surface area (Å²) in [6, 6.07) is 7.96. The highest BCUT2D eigenvalue weighted by Gasteiger charge is 2.40. The second-order valence-electron chi connectivity index (χ2n) is 3.52. The molecule has 0 aliphatic carbocycles. The standard InChI is InChI=1S/C11H10N2O3/c1-7(8-5-3-2-4-6-8)13-10(15)9(14)12-11(13)16/h2-7H,1H3,(H,12,14,16). The molecule has 1 aliphatic heterocycles. The fourth-order valence-electron chi connectivity index (χ4n) is 1.64. The van der Waals surface area contributed by atoms with Gasteiger partial charge in [-0.25, -0.2) is 9.69 Å². The van der Waals surface area contributed by atoms with E-state index in [-0.39, 0.29) is 0 Å². The van der Waals surface area contributed by atoms with Crippen LogP contribution in [-0.2, 0) is 9.59 Å². The lowest BCUT2D eigenvalue weighted by Gasteiger charge is -2.20. The third-order valence-electron chi connectivity index (χ3n) is 2.52. The van der Waals surface area contributed by atoms with E-state index in [9.17, 15) is 14.4 Å². The Hall–Kier alpha value is -2.17. The van der Waals surface area contributed by atoms with E-state index in [0.717, 1.165) is 10.5 Å². The van der Waals surface area contributed by atoms with Crippen LogP contribution in [0.15, 0.2) is 30.3 Å². The average molecular weight is 218 g/mol. The predicted octanol–water partition coefficient (Wildman–Crippen LogP) is 0.826. The number of benzene rings is 1. The minimum Gasteiger partial charge on any atom is -0.269 e. The Kier molecular flexibility index (Phi) is 2.44. The molecule has 5 nitrogen and oxygen atoms in total. The first-order chi connectivity index (χ1) is 7.61. The second kappa shape index (κ2) is 3.77. The summed E-state index contributed by atoms with van der Waals surface area (Å²) in [7, 11) is 0. The monoisotopic (exact) mass is 218 g/mol. The number of nitrogens with one attached hydrogen (secondary N) is 1. The van der Waals surface area contributed by atoms with Crippen molar-refractivity contribution in [2.45, 2.75) is 13.0 Å². The lowest BCUT2D eigenvalue weighted by atomic mass is 10.1. The van der Waals surface area contributed by atoms with E-state index in [1.807, 2.05) is 23.5 Å². The quantitative estimate of drug-likeness (QED) is 0.590. The molecule has 4 amide bonds. The number of hydrogen-bond acceptors (Lipinski definition) is 3. The first-order valence-corrected chi connectivity index (χ1v) is 4.84. The zero-order chi connectivity index (χ0) is 11.7. The van der Waals surface area contributed by atoms with Gasteiger partial charge in [-0.05, 0) is 12.5 Å². The average Bonchev–Trinajstić information content (AvgIpc) is 2.54. The summed E-state index contributed by atoms with van der Waals surface area (Å²) in [5.74, 6) is -1.67. The number of nitrogens with zero attached hydrogens (tertiary/aromatic N) is 1. The molecule has 0 aromatic heterocycles. The molecule has 1 aromatic carbocycles. The van der Waals surface area contributed by atoms with E-state index >= 15 is 0 Å². The number of carbonyl (C=O) groups excluding carboxylic acids is 3. The first kappa shape index (κ1) is 10.4. The maximum atomic E-state index is 11.4. The van der Waals surface area contributed by atoms with Gasteiger partial charge in [-0.2, -0.15) is 0 Å². The van der Waals surface area contributed by atoms with Gasteiger partial charge < -0.3 is 0 Å². The van der Waals surface area contributed by atoms with Gasteiger partial charge in [0.1, 0.15) is 0 Å². The molecule has 1 saturated heterocycles. The number of hydrogen-bond donors (Lipinski definition) is 1. The van der Waals surface area contributed by atoms with Crippen molar-refractivity contribution < 1.29 is 14.4 Å². The van der Waals surface area contributed by atoms with Crippen molar-refractivity contribution in [3.8, 4) is 0 Å². The van der Waals surface area contributed by atoms with Gasteiger partial charge in [0.05, 0.1) is 6.04 Å². The van der Waals surface area contributed by atoms with Crippen LogP contribution in [-0.4, -0.2) is 22.7 Å². The Morgan fingerprint density at radius 3 is 2.25 bits per heavy atom. The Labute approximate surface area is 92.0 Å². The molecule has 16 heavy (non-hydrogen) atoms. The topological polar surface area (TPSA) is 66.5 Å². The Balaban J connectivity index is 2.29. The normalized spacial score (nSPS) is 17.6. The minimum absolute atomic E-state index is 0.444. The van der Waals surface area contributed by atoms with Crippen molar-refractivity contribution in [3.05, 3.63) is 35.9 Å². The Morgan fingerprint density at radius 2 is 1.75 bits per heavy atom. The van der Waals surface area contributed by atoms with Gasteiger partial charge in [0.15, 0.2) is 0 Å². The van der Waals surface area contributed by atoms with Crippen molar-refractivity contribution >= 4 is 17.8 Å². The highest BCUT2D eigenvalue weighted by atomic mass is 16.2. The van der Waals surface area contributed by atoms with E-state index in [2.05, 4.69) is 0 Å². The molecule has 5 heteroatoms. The maximum Gasteiger partial charge on any atom is 0.332 e. The van der Waals surface area contributed by atoms with Crippen LogP contribution < -0.4 is 5.32 Å². The molecule has 2 rings (SSSR count). The molecule has 0 bridgehead atoms. The molecule has 1 N–H and O–H groups in total. The zero-order valence-corrected chi connectivity index (χ0v) is 8.64. The smallest absolute Gasteiger partial charge is 0.269 e. The molecule has 1 aliphatic rings. The molecule has 0 saturated carbocycles. The maximum absolute atomic E-state index is 11.4. The summed E-state index contributed by atoms with van der Waals surface area (Å²) in [6.07, 6.45) is 0. The molecule has 0 radical (unpaired) electrons.